The fraction of sp³-hybridized carbons (Fsp3) is 0.667. The topological polar surface area (TPSA) is 28.2 Å². The van der Waals surface area contributed by atoms with Gasteiger partial charge < -0.3 is 10.2 Å². The van der Waals surface area contributed by atoms with E-state index in [-0.39, 0.29) is 0 Å². The van der Waals surface area contributed by atoms with Crippen molar-refractivity contribution in [2.24, 2.45) is 0 Å². The summed E-state index contributed by atoms with van der Waals surface area (Å²) in [7, 11) is 0. The molecule has 2 rings (SSSR count). The lowest BCUT2D eigenvalue weighted by Gasteiger charge is -2.26. The molecule has 1 saturated carbocycles. The number of nitrogens with one attached hydrogen (secondary N) is 1. The third-order valence-electron chi connectivity index (χ3n) is 3.48. The normalized spacial score (nSPS) is 14.8. The third-order valence-corrected chi connectivity index (χ3v) is 3.48. The number of pyridine rings is 1. The van der Waals surface area contributed by atoms with Crippen LogP contribution in [0.2, 0.25) is 0 Å². The van der Waals surface area contributed by atoms with E-state index in [1.807, 2.05) is 6.20 Å². The molecule has 0 bridgehead atoms. The van der Waals surface area contributed by atoms with Crippen LogP contribution in [0.25, 0.3) is 0 Å². The second kappa shape index (κ2) is 6.19. The average molecular weight is 247 g/mol. The Morgan fingerprint density at radius 3 is 2.78 bits per heavy atom. The highest BCUT2D eigenvalue weighted by Crippen LogP contribution is 2.33. The van der Waals surface area contributed by atoms with Crippen molar-refractivity contribution >= 4 is 5.69 Å². The highest BCUT2D eigenvalue weighted by molar-refractivity contribution is 5.55. The van der Waals surface area contributed by atoms with Crippen LogP contribution in [0.3, 0.4) is 0 Å². The van der Waals surface area contributed by atoms with Crippen molar-refractivity contribution in [3.05, 3.63) is 23.5 Å². The van der Waals surface area contributed by atoms with Gasteiger partial charge in [0.25, 0.3) is 0 Å². The van der Waals surface area contributed by atoms with Gasteiger partial charge in [-0.1, -0.05) is 6.92 Å². The van der Waals surface area contributed by atoms with Crippen LogP contribution in [-0.2, 0) is 6.54 Å². The number of anilines is 1. The van der Waals surface area contributed by atoms with Crippen LogP contribution in [0.15, 0.2) is 12.3 Å². The summed E-state index contributed by atoms with van der Waals surface area (Å²) < 4.78 is 0. The van der Waals surface area contributed by atoms with E-state index >= 15 is 0 Å². The van der Waals surface area contributed by atoms with E-state index in [0.717, 1.165) is 31.4 Å². The highest BCUT2D eigenvalue weighted by atomic mass is 15.2. The van der Waals surface area contributed by atoms with Crippen molar-refractivity contribution in [1.82, 2.24) is 10.3 Å². The van der Waals surface area contributed by atoms with E-state index in [1.54, 1.807) is 0 Å². The molecule has 3 heteroatoms. The molecule has 0 atom stereocenters. The maximum atomic E-state index is 4.45. The fourth-order valence-corrected chi connectivity index (χ4v) is 2.39. The van der Waals surface area contributed by atoms with E-state index in [2.05, 4.69) is 42.0 Å². The summed E-state index contributed by atoms with van der Waals surface area (Å²) in [5.41, 5.74) is 3.84. The zero-order chi connectivity index (χ0) is 13.0. The quantitative estimate of drug-likeness (QED) is 0.751. The summed E-state index contributed by atoms with van der Waals surface area (Å²) in [6, 6.07) is 3.01. The molecule has 1 N–H and O–H groups in total. The van der Waals surface area contributed by atoms with Crippen molar-refractivity contribution in [1.29, 1.82) is 0 Å². The highest BCUT2D eigenvalue weighted by Gasteiger charge is 2.29. The lowest BCUT2D eigenvalue weighted by Crippen LogP contribution is -2.27. The molecule has 0 aliphatic heterocycles. The predicted molar refractivity (Wildman–Crippen MR) is 77.0 cm³/mol. The van der Waals surface area contributed by atoms with Crippen LogP contribution in [0.5, 0.6) is 0 Å². The Morgan fingerprint density at radius 2 is 2.17 bits per heavy atom. The first-order valence-corrected chi connectivity index (χ1v) is 7.19. The zero-order valence-corrected chi connectivity index (χ0v) is 11.9. The number of aromatic nitrogens is 1. The van der Waals surface area contributed by atoms with E-state index in [9.17, 15) is 0 Å². The van der Waals surface area contributed by atoms with Crippen LogP contribution in [-0.4, -0.2) is 24.1 Å². The van der Waals surface area contributed by atoms with Gasteiger partial charge in [0, 0.05) is 42.3 Å². The molecular formula is C15H25N3. The standard InChI is InChI=1S/C15H25N3/c1-4-8-16-10-13-11-17-12(3)9-15(13)18(5-2)14-6-7-14/h9,11,14,16H,4-8,10H2,1-3H3. The first-order chi connectivity index (χ1) is 8.76. The van der Waals surface area contributed by atoms with Crippen LogP contribution in [0, 0.1) is 6.92 Å². The second-order valence-electron chi connectivity index (χ2n) is 5.15. The number of hydrogen-bond donors (Lipinski definition) is 1. The van der Waals surface area contributed by atoms with Gasteiger partial charge in [-0.3, -0.25) is 4.98 Å². The smallest absolute Gasteiger partial charge is 0.0447 e. The van der Waals surface area contributed by atoms with Gasteiger partial charge in [-0.2, -0.15) is 0 Å². The minimum absolute atomic E-state index is 0.765. The molecular weight excluding hydrogens is 222 g/mol. The Morgan fingerprint density at radius 1 is 1.39 bits per heavy atom. The van der Waals surface area contributed by atoms with Gasteiger partial charge in [-0.25, -0.2) is 0 Å². The third kappa shape index (κ3) is 3.22. The van der Waals surface area contributed by atoms with Gasteiger partial charge in [0.15, 0.2) is 0 Å². The van der Waals surface area contributed by atoms with Crippen molar-refractivity contribution in [3.8, 4) is 0 Å². The molecule has 1 aromatic heterocycles. The molecule has 1 aromatic rings. The largest absolute Gasteiger partial charge is 0.368 e. The Bertz CT molecular complexity index is 385. The summed E-state index contributed by atoms with van der Waals surface area (Å²) in [4.78, 5) is 6.99. The molecule has 0 spiro atoms. The van der Waals surface area contributed by atoms with Crippen LogP contribution in [0.4, 0.5) is 5.69 Å². The molecule has 1 aliphatic carbocycles. The molecule has 0 radical (unpaired) electrons. The molecule has 18 heavy (non-hydrogen) atoms. The van der Waals surface area contributed by atoms with E-state index in [4.69, 9.17) is 0 Å². The Balaban J connectivity index is 2.16. The van der Waals surface area contributed by atoms with Crippen LogP contribution in [0.1, 0.15) is 44.4 Å². The second-order valence-corrected chi connectivity index (χ2v) is 5.15. The number of nitrogens with zero attached hydrogens (tertiary/aromatic N) is 2. The van der Waals surface area contributed by atoms with E-state index in [0.29, 0.717) is 0 Å². The Labute approximate surface area is 111 Å². The summed E-state index contributed by atoms with van der Waals surface area (Å²) in [5, 5.41) is 3.48. The van der Waals surface area contributed by atoms with Gasteiger partial charge in [-0.05, 0) is 45.7 Å². The lowest BCUT2D eigenvalue weighted by molar-refractivity contribution is 0.669. The summed E-state index contributed by atoms with van der Waals surface area (Å²) in [6.07, 6.45) is 5.90. The van der Waals surface area contributed by atoms with Gasteiger partial charge in [0.05, 0.1) is 0 Å². The first kappa shape index (κ1) is 13.3. The van der Waals surface area contributed by atoms with E-state index in [1.165, 1.54) is 30.5 Å². The van der Waals surface area contributed by atoms with Crippen LogP contribution < -0.4 is 10.2 Å². The van der Waals surface area contributed by atoms with Crippen LogP contribution >= 0.6 is 0 Å². The monoisotopic (exact) mass is 247 g/mol. The molecule has 3 nitrogen and oxygen atoms in total. The van der Waals surface area contributed by atoms with E-state index < -0.39 is 0 Å². The number of aryl methyl sites for hydroxylation is 1. The summed E-state index contributed by atoms with van der Waals surface area (Å²) in [5.74, 6) is 0. The molecule has 1 fully saturated rings. The summed E-state index contributed by atoms with van der Waals surface area (Å²) in [6.45, 7) is 9.62. The molecule has 0 aromatic carbocycles. The number of rotatable bonds is 7. The molecule has 0 unspecified atom stereocenters. The summed E-state index contributed by atoms with van der Waals surface area (Å²) >= 11 is 0. The molecule has 0 saturated heterocycles. The minimum atomic E-state index is 0.765. The van der Waals surface area contributed by atoms with Gasteiger partial charge in [0.2, 0.25) is 0 Å². The van der Waals surface area contributed by atoms with Gasteiger partial charge in [0.1, 0.15) is 0 Å². The fourth-order valence-electron chi connectivity index (χ4n) is 2.39. The van der Waals surface area contributed by atoms with Crippen molar-refractivity contribution in [3.63, 3.8) is 0 Å². The number of hydrogen-bond acceptors (Lipinski definition) is 3. The SMILES string of the molecule is CCCNCc1cnc(C)cc1N(CC)C1CC1. The lowest BCUT2D eigenvalue weighted by atomic mass is 10.1. The minimum Gasteiger partial charge on any atom is -0.368 e. The first-order valence-electron chi connectivity index (χ1n) is 7.19. The molecule has 0 amide bonds. The average Bonchev–Trinajstić information content (AvgIpc) is 3.17. The van der Waals surface area contributed by atoms with Crippen molar-refractivity contribution in [2.75, 3.05) is 18.0 Å². The molecule has 1 aliphatic rings. The van der Waals surface area contributed by atoms with Crippen molar-refractivity contribution in [2.45, 2.75) is 52.6 Å². The Hall–Kier alpha value is -1.09. The predicted octanol–water partition coefficient (Wildman–Crippen LogP) is 2.88. The molecule has 1 heterocycles. The zero-order valence-electron chi connectivity index (χ0n) is 11.9. The van der Waals surface area contributed by atoms with Gasteiger partial charge in [-0.15, -0.1) is 0 Å². The van der Waals surface area contributed by atoms with Crippen molar-refractivity contribution < 1.29 is 0 Å². The molecule has 100 valence electrons. The Kier molecular flexibility index (Phi) is 4.59. The maximum Gasteiger partial charge on any atom is 0.0447 e. The maximum absolute atomic E-state index is 4.45. The van der Waals surface area contributed by atoms with Gasteiger partial charge >= 0.3 is 0 Å².